The van der Waals surface area contributed by atoms with E-state index in [1.54, 1.807) is 17.4 Å². The predicted octanol–water partition coefficient (Wildman–Crippen LogP) is 5.22. The third-order valence-electron chi connectivity index (χ3n) is 5.63. The Hall–Kier alpha value is -2.37. The largest absolute Gasteiger partial charge is 0.504 e. The lowest BCUT2D eigenvalue weighted by Crippen LogP contribution is -2.31. The summed E-state index contributed by atoms with van der Waals surface area (Å²) in [7, 11) is 0. The van der Waals surface area contributed by atoms with E-state index >= 15 is 0 Å². The minimum Gasteiger partial charge on any atom is -0.504 e. The number of phenols is 1. The summed E-state index contributed by atoms with van der Waals surface area (Å²) in [6.07, 6.45) is 8.22. The number of ether oxygens (including phenoxy) is 1. The van der Waals surface area contributed by atoms with Crippen LogP contribution in [0.1, 0.15) is 24.8 Å². The Bertz CT molecular complexity index is 994. The summed E-state index contributed by atoms with van der Waals surface area (Å²) in [5, 5.41) is 11.6. The monoisotopic (exact) mass is 392 g/mol. The highest BCUT2D eigenvalue weighted by Gasteiger charge is 2.23. The Balaban J connectivity index is 1.45. The quantitative estimate of drug-likeness (QED) is 0.621. The van der Waals surface area contributed by atoms with Crippen LogP contribution in [0.2, 0.25) is 0 Å². The number of hydrogen-bond acceptors (Lipinski definition) is 5. The van der Waals surface area contributed by atoms with Crippen molar-refractivity contribution in [3.05, 3.63) is 54.1 Å². The molecular weight excluding hydrogens is 368 g/mol. The van der Waals surface area contributed by atoms with Crippen molar-refractivity contribution in [1.82, 2.24) is 9.88 Å². The smallest absolute Gasteiger partial charge is 0.165 e. The molecule has 0 bridgehead atoms. The zero-order chi connectivity index (χ0) is 18.9. The maximum Gasteiger partial charge on any atom is 0.165 e. The molecule has 3 aromatic rings. The fourth-order valence-corrected chi connectivity index (χ4v) is 5.17. The van der Waals surface area contributed by atoms with Crippen molar-refractivity contribution >= 4 is 21.6 Å². The van der Waals surface area contributed by atoms with E-state index in [-0.39, 0.29) is 5.75 Å². The van der Waals surface area contributed by atoms with Crippen LogP contribution in [0, 0.1) is 5.92 Å². The number of para-hydroxylation sites is 1. The van der Waals surface area contributed by atoms with Crippen LogP contribution in [0.15, 0.2) is 48.6 Å². The molecule has 1 aliphatic carbocycles. The first-order valence-corrected chi connectivity index (χ1v) is 10.8. The molecule has 1 N–H and O–H groups in total. The van der Waals surface area contributed by atoms with Crippen molar-refractivity contribution in [2.75, 3.05) is 19.7 Å². The van der Waals surface area contributed by atoms with Crippen LogP contribution < -0.4 is 4.74 Å². The number of aromatic nitrogens is 1. The summed E-state index contributed by atoms with van der Waals surface area (Å²) < 4.78 is 7.09. The molecule has 0 radical (unpaired) electrons. The number of hydrogen-bond donors (Lipinski definition) is 1. The minimum atomic E-state index is 0.217. The van der Waals surface area contributed by atoms with Gasteiger partial charge in [0.1, 0.15) is 11.6 Å². The van der Waals surface area contributed by atoms with Crippen molar-refractivity contribution < 1.29 is 9.84 Å². The molecule has 2 heterocycles. The molecule has 0 spiro atoms. The van der Waals surface area contributed by atoms with Crippen LogP contribution in [0.3, 0.4) is 0 Å². The van der Waals surface area contributed by atoms with Crippen LogP contribution >= 0.6 is 11.3 Å². The molecule has 2 aliphatic rings. The number of phenolic OH excluding ortho intramolecular Hbond substituents is 1. The van der Waals surface area contributed by atoms with E-state index in [4.69, 9.17) is 9.72 Å². The Kier molecular flexibility index (Phi) is 4.79. The summed E-state index contributed by atoms with van der Waals surface area (Å²) in [6, 6.07) is 12.1. The summed E-state index contributed by atoms with van der Waals surface area (Å²) in [4.78, 5) is 7.22. The molecule has 0 amide bonds. The number of fused-ring (bicyclic) bond motifs is 2. The normalized spacial score (nSPS) is 19.9. The van der Waals surface area contributed by atoms with Crippen molar-refractivity contribution in [3.8, 4) is 22.1 Å². The van der Waals surface area contributed by atoms with Gasteiger partial charge in [0.25, 0.3) is 0 Å². The number of benzene rings is 2. The van der Waals surface area contributed by atoms with E-state index in [0.717, 1.165) is 46.0 Å². The molecule has 0 saturated heterocycles. The third kappa shape index (κ3) is 3.52. The first kappa shape index (κ1) is 17.7. The van der Waals surface area contributed by atoms with Crippen LogP contribution in [0.5, 0.6) is 11.5 Å². The second kappa shape index (κ2) is 7.57. The van der Waals surface area contributed by atoms with Crippen LogP contribution in [0.4, 0.5) is 0 Å². The Labute approximate surface area is 169 Å². The molecule has 28 heavy (non-hydrogen) atoms. The third-order valence-corrected chi connectivity index (χ3v) is 6.71. The lowest BCUT2D eigenvalue weighted by atomic mass is 9.94. The molecule has 5 rings (SSSR count). The van der Waals surface area contributed by atoms with Crippen molar-refractivity contribution in [2.45, 2.75) is 25.8 Å². The van der Waals surface area contributed by atoms with Gasteiger partial charge in [-0.15, -0.1) is 11.3 Å². The maximum atomic E-state index is 10.6. The van der Waals surface area contributed by atoms with E-state index in [9.17, 15) is 5.11 Å². The number of allylic oxidation sites excluding steroid dienone is 2. The van der Waals surface area contributed by atoms with E-state index in [1.165, 1.54) is 19.3 Å². The average Bonchev–Trinajstić information content (AvgIpc) is 3.04. The summed E-state index contributed by atoms with van der Waals surface area (Å²) in [5.74, 6) is 1.57. The zero-order valence-corrected chi connectivity index (χ0v) is 16.6. The molecule has 144 valence electrons. The van der Waals surface area contributed by atoms with Gasteiger partial charge in [0.05, 0.1) is 10.2 Å². The van der Waals surface area contributed by atoms with Gasteiger partial charge >= 0.3 is 0 Å². The fraction of sp³-hybridized carbons (Fsp3) is 0.348. The van der Waals surface area contributed by atoms with E-state index < -0.39 is 0 Å². The standard InChI is InChI=1S/C23H24N2O2S/c26-20-13-17(23-24-19-8-4-5-9-21(19)28-23)12-18-15-25(10-11-27-22(18)20)14-16-6-2-1-3-7-16/h1-2,4-5,8-9,12-13,16,26H,3,6-7,10-11,14-15H2/t16-/m1/s1. The highest BCUT2D eigenvalue weighted by atomic mass is 32.1. The first-order chi connectivity index (χ1) is 13.8. The molecule has 1 aromatic heterocycles. The summed E-state index contributed by atoms with van der Waals surface area (Å²) in [5.41, 5.74) is 3.02. The maximum absolute atomic E-state index is 10.6. The molecular formula is C23H24N2O2S. The number of aromatic hydroxyl groups is 1. The zero-order valence-electron chi connectivity index (χ0n) is 15.8. The van der Waals surface area contributed by atoms with E-state index in [1.807, 2.05) is 18.2 Å². The topological polar surface area (TPSA) is 45.6 Å². The molecule has 0 fully saturated rings. The number of thiazole rings is 1. The lowest BCUT2D eigenvalue weighted by molar-refractivity contribution is 0.192. The minimum absolute atomic E-state index is 0.217. The van der Waals surface area contributed by atoms with Gasteiger partial charge in [-0.2, -0.15) is 0 Å². The number of nitrogens with zero attached hydrogens (tertiary/aromatic N) is 2. The van der Waals surface area contributed by atoms with Crippen molar-refractivity contribution in [3.63, 3.8) is 0 Å². The van der Waals surface area contributed by atoms with Gasteiger partial charge in [0.15, 0.2) is 11.5 Å². The van der Waals surface area contributed by atoms with E-state index in [0.29, 0.717) is 18.3 Å². The highest BCUT2D eigenvalue weighted by molar-refractivity contribution is 7.21. The average molecular weight is 393 g/mol. The van der Waals surface area contributed by atoms with Gasteiger partial charge in [0.2, 0.25) is 0 Å². The van der Waals surface area contributed by atoms with Gasteiger partial charge in [-0.1, -0.05) is 24.3 Å². The summed E-state index contributed by atoms with van der Waals surface area (Å²) >= 11 is 1.66. The van der Waals surface area contributed by atoms with Gasteiger partial charge in [0, 0.05) is 30.8 Å². The molecule has 0 unspecified atom stereocenters. The van der Waals surface area contributed by atoms with Gasteiger partial charge < -0.3 is 9.84 Å². The second-order valence-electron chi connectivity index (χ2n) is 7.70. The first-order valence-electron chi connectivity index (χ1n) is 9.98. The second-order valence-corrected chi connectivity index (χ2v) is 8.74. The molecule has 5 heteroatoms. The Morgan fingerprint density at radius 1 is 1.21 bits per heavy atom. The van der Waals surface area contributed by atoms with Gasteiger partial charge in [-0.05, 0) is 49.4 Å². The summed E-state index contributed by atoms with van der Waals surface area (Å²) in [6.45, 7) is 3.40. The van der Waals surface area contributed by atoms with Gasteiger partial charge in [-0.25, -0.2) is 4.98 Å². The number of rotatable bonds is 3. The molecule has 4 nitrogen and oxygen atoms in total. The molecule has 0 saturated carbocycles. The molecule has 1 atom stereocenters. The molecule has 2 aromatic carbocycles. The fourth-order valence-electron chi connectivity index (χ4n) is 4.22. The Morgan fingerprint density at radius 3 is 3.00 bits per heavy atom. The van der Waals surface area contributed by atoms with Crippen molar-refractivity contribution in [2.24, 2.45) is 5.92 Å². The van der Waals surface area contributed by atoms with Crippen molar-refractivity contribution in [1.29, 1.82) is 0 Å². The van der Waals surface area contributed by atoms with Crippen LogP contribution in [0.25, 0.3) is 20.8 Å². The van der Waals surface area contributed by atoms with Gasteiger partial charge in [-0.3, -0.25) is 4.90 Å². The molecule has 1 aliphatic heterocycles. The highest BCUT2D eigenvalue weighted by Crippen LogP contribution is 2.39. The Morgan fingerprint density at radius 2 is 2.14 bits per heavy atom. The van der Waals surface area contributed by atoms with Crippen LogP contribution in [-0.2, 0) is 6.54 Å². The lowest BCUT2D eigenvalue weighted by Gasteiger charge is -2.26. The van der Waals surface area contributed by atoms with Crippen LogP contribution in [-0.4, -0.2) is 34.7 Å². The predicted molar refractivity (Wildman–Crippen MR) is 114 cm³/mol. The van der Waals surface area contributed by atoms with E-state index in [2.05, 4.69) is 29.2 Å². The SMILES string of the molecule is Oc1cc(-c2nc3ccccc3s2)cc2c1OCCN(C[C@@H]1CC=CCC1)C2.